The van der Waals surface area contributed by atoms with E-state index in [9.17, 15) is 4.79 Å². The Labute approximate surface area is 117 Å². The molecule has 0 fully saturated rings. The molecule has 0 radical (unpaired) electrons. The predicted octanol–water partition coefficient (Wildman–Crippen LogP) is 1.48. The molecule has 3 N–H and O–H groups in total. The van der Waals surface area contributed by atoms with Gasteiger partial charge < -0.3 is 20.2 Å². The van der Waals surface area contributed by atoms with Crippen molar-refractivity contribution in [1.82, 2.24) is 5.32 Å². The van der Waals surface area contributed by atoms with Crippen molar-refractivity contribution in [2.75, 3.05) is 13.2 Å². The lowest BCUT2D eigenvalue weighted by atomic mass is 10.2. The number of para-hydroxylation sites is 1. The molecule has 0 aliphatic carbocycles. The molecule has 2 aromatic rings. The first-order valence-electron chi connectivity index (χ1n) is 6.49. The average Bonchev–Trinajstić information content (AvgIpc) is 2.98. The number of ether oxygens (including phenoxy) is 1. The number of carbonyl (C=O) groups is 1. The van der Waals surface area contributed by atoms with E-state index < -0.39 is 0 Å². The van der Waals surface area contributed by atoms with Crippen LogP contribution < -0.4 is 15.8 Å². The fourth-order valence-corrected chi connectivity index (χ4v) is 1.79. The molecule has 0 bridgehead atoms. The standard InChI is InChI=1S/C15H18N2O3/c16-10-12-4-1-2-6-14(12)20-11-15(18)17-8-7-13-5-3-9-19-13/h1-6,9H,7-8,10-11,16H2,(H,17,18). The molecule has 1 amide bonds. The van der Waals surface area contributed by atoms with E-state index in [-0.39, 0.29) is 12.5 Å². The maximum absolute atomic E-state index is 11.6. The van der Waals surface area contributed by atoms with Crippen LogP contribution in [0, 0.1) is 0 Å². The van der Waals surface area contributed by atoms with Crippen LogP contribution in [-0.4, -0.2) is 19.1 Å². The summed E-state index contributed by atoms with van der Waals surface area (Å²) in [7, 11) is 0. The molecule has 0 unspecified atom stereocenters. The molecule has 20 heavy (non-hydrogen) atoms. The number of hydrogen-bond acceptors (Lipinski definition) is 4. The first-order chi connectivity index (χ1) is 9.79. The summed E-state index contributed by atoms with van der Waals surface area (Å²) >= 11 is 0. The second-order valence-electron chi connectivity index (χ2n) is 4.28. The number of carbonyl (C=O) groups excluding carboxylic acids is 1. The number of hydrogen-bond donors (Lipinski definition) is 2. The molecular formula is C15H18N2O3. The zero-order valence-corrected chi connectivity index (χ0v) is 11.2. The van der Waals surface area contributed by atoms with Gasteiger partial charge in [-0.2, -0.15) is 0 Å². The van der Waals surface area contributed by atoms with Crippen molar-refractivity contribution in [2.24, 2.45) is 5.73 Å². The molecule has 1 heterocycles. The van der Waals surface area contributed by atoms with Crippen molar-refractivity contribution in [3.63, 3.8) is 0 Å². The summed E-state index contributed by atoms with van der Waals surface area (Å²) in [6.45, 7) is 0.889. The molecule has 106 valence electrons. The lowest BCUT2D eigenvalue weighted by Gasteiger charge is -2.10. The van der Waals surface area contributed by atoms with E-state index >= 15 is 0 Å². The molecule has 5 nitrogen and oxygen atoms in total. The average molecular weight is 274 g/mol. The van der Waals surface area contributed by atoms with Crippen molar-refractivity contribution < 1.29 is 13.9 Å². The Morgan fingerprint density at radius 2 is 2.10 bits per heavy atom. The van der Waals surface area contributed by atoms with Gasteiger partial charge in [0.15, 0.2) is 6.61 Å². The summed E-state index contributed by atoms with van der Waals surface area (Å²) in [6, 6.07) is 11.1. The molecule has 0 saturated heterocycles. The Balaban J connectivity index is 1.72. The molecule has 0 atom stereocenters. The number of amides is 1. The minimum Gasteiger partial charge on any atom is -0.483 e. The van der Waals surface area contributed by atoms with Gasteiger partial charge in [-0.3, -0.25) is 4.79 Å². The normalized spacial score (nSPS) is 10.2. The fourth-order valence-electron chi connectivity index (χ4n) is 1.79. The van der Waals surface area contributed by atoms with Crippen LogP contribution in [0.3, 0.4) is 0 Å². The maximum atomic E-state index is 11.6. The summed E-state index contributed by atoms with van der Waals surface area (Å²) in [6.07, 6.45) is 2.28. The number of benzene rings is 1. The van der Waals surface area contributed by atoms with Crippen LogP contribution >= 0.6 is 0 Å². The Kier molecular flexibility index (Phi) is 5.20. The van der Waals surface area contributed by atoms with Crippen molar-refractivity contribution >= 4 is 5.91 Å². The van der Waals surface area contributed by atoms with Crippen molar-refractivity contribution in [3.8, 4) is 5.75 Å². The Morgan fingerprint density at radius 1 is 1.25 bits per heavy atom. The first-order valence-corrected chi connectivity index (χ1v) is 6.49. The molecule has 2 rings (SSSR count). The third-order valence-electron chi connectivity index (χ3n) is 2.82. The zero-order chi connectivity index (χ0) is 14.2. The van der Waals surface area contributed by atoms with E-state index in [4.69, 9.17) is 14.9 Å². The molecule has 5 heteroatoms. The van der Waals surface area contributed by atoms with E-state index in [1.165, 1.54) is 0 Å². The molecule has 0 spiro atoms. The Morgan fingerprint density at radius 3 is 2.85 bits per heavy atom. The quantitative estimate of drug-likeness (QED) is 0.801. The fraction of sp³-hybridized carbons (Fsp3) is 0.267. The molecular weight excluding hydrogens is 256 g/mol. The van der Waals surface area contributed by atoms with Crippen LogP contribution in [0.4, 0.5) is 0 Å². The van der Waals surface area contributed by atoms with E-state index in [0.29, 0.717) is 25.3 Å². The minimum atomic E-state index is -0.164. The van der Waals surface area contributed by atoms with Crippen molar-refractivity contribution in [3.05, 3.63) is 54.0 Å². The van der Waals surface area contributed by atoms with Gasteiger partial charge in [0, 0.05) is 25.1 Å². The van der Waals surface area contributed by atoms with Gasteiger partial charge in [0.25, 0.3) is 5.91 Å². The topological polar surface area (TPSA) is 77.5 Å². The Hall–Kier alpha value is -2.27. The number of rotatable bonds is 7. The van der Waals surface area contributed by atoms with Gasteiger partial charge in [-0.15, -0.1) is 0 Å². The Bertz CT molecular complexity index is 538. The van der Waals surface area contributed by atoms with E-state index in [1.54, 1.807) is 12.3 Å². The van der Waals surface area contributed by atoms with Gasteiger partial charge in [0.1, 0.15) is 11.5 Å². The zero-order valence-electron chi connectivity index (χ0n) is 11.2. The van der Waals surface area contributed by atoms with Crippen molar-refractivity contribution in [1.29, 1.82) is 0 Å². The molecule has 0 saturated carbocycles. The van der Waals surface area contributed by atoms with Crippen LogP contribution in [-0.2, 0) is 17.8 Å². The second kappa shape index (κ2) is 7.35. The third kappa shape index (κ3) is 4.13. The van der Waals surface area contributed by atoms with E-state index in [1.807, 2.05) is 30.3 Å². The van der Waals surface area contributed by atoms with Crippen LogP contribution in [0.2, 0.25) is 0 Å². The number of nitrogens with one attached hydrogen (secondary N) is 1. The van der Waals surface area contributed by atoms with Gasteiger partial charge >= 0.3 is 0 Å². The molecule has 0 aliphatic rings. The highest BCUT2D eigenvalue weighted by Gasteiger charge is 2.05. The van der Waals surface area contributed by atoms with Gasteiger partial charge in [-0.05, 0) is 18.2 Å². The molecule has 0 aliphatic heterocycles. The highest BCUT2D eigenvalue weighted by molar-refractivity contribution is 5.77. The number of nitrogens with two attached hydrogens (primary N) is 1. The van der Waals surface area contributed by atoms with Gasteiger partial charge in [-0.1, -0.05) is 18.2 Å². The summed E-state index contributed by atoms with van der Waals surface area (Å²) in [5.74, 6) is 1.33. The minimum absolute atomic E-state index is 0.0187. The van der Waals surface area contributed by atoms with Gasteiger partial charge in [0.2, 0.25) is 0 Å². The monoisotopic (exact) mass is 274 g/mol. The van der Waals surface area contributed by atoms with Crippen LogP contribution in [0.15, 0.2) is 47.1 Å². The lowest BCUT2D eigenvalue weighted by molar-refractivity contribution is -0.123. The molecule has 1 aromatic heterocycles. The van der Waals surface area contributed by atoms with Crippen LogP contribution in [0.5, 0.6) is 5.75 Å². The second-order valence-corrected chi connectivity index (χ2v) is 4.28. The predicted molar refractivity (Wildman–Crippen MR) is 75.3 cm³/mol. The van der Waals surface area contributed by atoms with Crippen LogP contribution in [0.1, 0.15) is 11.3 Å². The summed E-state index contributed by atoms with van der Waals surface area (Å²) in [5, 5.41) is 2.77. The smallest absolute Gasteiger partial charge is 0.257 e. The number of furan rings is 1. The third-order valence-corrected chi connectivity index (χ3v) is 2.82. The van der Waals surface area contributed by atoms with Gasteiger partial charge in [-0.25, -0.2) is 0 Å². The SMILES string of the molecule is NCc1ccccc1OCC(=O)NCCc1ccco1. The maximum Gasteiger partial charge on any atom is 0.257 e. The highest BCUT2D eigenvalue weighted by atomic mass is 16.5. The van der Waals surface area contributed by atoms with E-state index in [2.05, 4.69) is 5.32 Å². The van der Waals surface area contributed by atoms with E-state index in [0.717, 1.165) is 11.3 Å². The first kappa shape index (κ1) is 14.1. The summed E-state index contributed by atoms with van der Waals surface area (Å²) in [4.78, 5) is 11.6. The lowest BCUT2D eigenvalue weighted by Crippen LogP contribution is -2.30. The summed E-state index contributed by atoms with van der Waals surface area (Å²) < 4.78 is 10.6. The summed E-state index contributed by atoms with van der Waals surface area (Å²) in [5.41, 5.74) is 6.49. The molecule has 1 aromatic carbocycles. The van der Waals surface area contributed by atoms with Gasteiger partial charge in [0.05, 0.1) is 6.26 Å². The van der Waals surface area contributed by atoms with Crippen LogP contribution in [0.25, 0.3) is 0 Å². The highest BCUT2D eigenvalue weighted by Crippen LogP contribution is 2.16. The largest absolute Gasteiger partial charge is 0.483 e. The van der Waals surface area contributed by atoms with Crippen molar-refractivity contribution in [2.45, 2.75) is 13.0 Å².